The Labute approximate surface area is 129 Å². The van der Waals surface area contributed by atoms with Crippen molar-refractivity contribution in [3.05, 3.63) is 39.0 Å². The standard InChI is InChI=1S/C12H13N3O6S/c1-4-21-6(2)10(13-3)14-11(16)7-5-8(15(19)20)22-9(7)12(17)18/h5H,2,4H2,1,3H3,(H,17,18)(H,13,14,16). The lowest BCUT2D eigenvalue weighted by molar-refractivity contribution is -0.380. The molecule has 0 saturated carbocycles. The van der Waals surface area contributed by atoms with Crippen molar-refractivity contribution in [3.63, 3.8) is 0 Å². The number of rotatable bonds is 6. The van der Waals surface area contributed by atoms with Crippen LogP contribution < -0.4 is 5.32 Å². The fraction of sp³-hybridized carbons (Fsp3) is 0.250. The Morgan fingerprint density at radius 2 is 2.23 bits per heavy atom. The lowest BCUT2D eigenvalue weighted by Gasteiger charge is -2.10. The van der Waals surface area contributed by atoms with Crippen LogP contribution >= 0.6 is 11.3 Å². The minimum absolute atomic E-state index is 0.0111. The van der Waals surface area contributed by atoms with Gasteiger partial charge in [-0.3, -0.25) is 19.9 Å². The van der Waals surface area contributed by atoms with E-state index in [1.54, 1.807) is 6.92 Å². The SMILES string of the molecule is C=C(OCC)C(=NC)NC(=O)c1cc([N+](=O)[O-])sc1C(=O)O. The van der Waals surface area contributed by atoms with Crippen LogP contribution in [0, 0.1) is 10.1 Å². The Kier molecular flexibility index (Phi) is 5.75. The molecular formula is C12H13N3O6S. The first kappa shape index (κ1) is 17.3. The first-order valence-electron chi connectivity index (χ1n) is 5.93. The number of nitro groups is 1. The topological polar surface area (TPSA) is 131 Å². The molecule has 1 heterocycles. The summed E-state index contributed by atoms with van der Waals surface area (Å²) >= 11 is 0.404. The highest BCUT2D eigenvalue weighted by atomic mass is 32.1. The number of aliphatic imine (C=N–C) groups is 1. The smallest absolute Gasteiger partial charge is 0.346 e. The molecule has 0 unspecified atom stereocenters. The van der Waals surface area contributed by atoms with Crippen molar-refractivity contribution in [3.8, 4) is 0 Å². The molecule has 1 amide bonds. The predicted molar refractivity (Wildman–Crippen MR) is 79.5 cm³/mol. The van der Waals surface area contributed by atoms with Gasteiger partial charge in [-0.1, -0.05) is 17.9 Å². The first-order valence-corrected chi connectivity index (χ1v) is 6.75. The summed E-state index contributed by atoms with van der Waals surface area (Å²) in [7, 11) is 1.38. The number of thiophene rings is 1. The van der Waals surface area contributed by atoms with Crippen LogP contribution in [0.15, 0.2) is 23.4 Å². The van der Waals surface area contributed by atoms with Crippen molar-refractivity contribution in [1.29, 1.82) is 0 Å². The van der Waals surface area contributed by atoms with E-state index >= 15 is 0 Å². The van der Waals surface area contributed by atoms with E-state index in [1.165, 1.54) is 7.05 Å². The molecule has 0 aromatic carbocycles. The quantitative estimate of drug-likeness (QED) is 0.268. The lowest BCUT2D eigenvalue weighted by atomic mass is 10.2. The molecule has 0 aliphatic carbocycles. The number of carboxylic acid groups (broad SMARTS) is 1. The number of amidine groups is 1. The summed E-state index contributed by atoms with van der Waals surface area (Å²) in [5.74, 6) is -2.16. The van der Waals surface area contributed by atoms with Gasteiger partial charge in [0.05, 0.1) is 17.1 Å². The Bertz CT molecular complexity index is 664. The number of nitrogens with one attached hydrogen (secondary N) is 1. The van der Waals surface area contributed by atoms with Crippen LogP contribution in [0.1, 0.15) is 27.0 Å². The lowest BCUT2D eigenvalue weighted by Crippen LogP contribution is -2.33. The summed E-state index contributed by atoms with van der Waals surface area (Å²) in [4.78, 5) is 36.5. The maximum atomic E-state index is 12.1. The van der Waals surface area contributed by atoms with Gasteiger partial charge >= 0.3 is 11.0 Å². The highest BCUT2D eigenvalue weighted by Crippen LogP contribution is 2.29. The Morgan fingerprint density at radius 3 is 2.68 bits per heavy atom. The van der Waals surface area contributed by atoms with Crippen molar-refractivity contribution < 1.29 is 24.4 Å². The number of carboxylic acids is 1. The van der Waals surface area contributed by atoms with Crippen LogP contribution in [0.4, 0.5) is 5.00 Å². The van der Waals surface area contributed by atoms with Crippen LogP contribution in [0.25, 0.3) is 0 Å². The van der Waals surface area contributed by atoms with Gasteiger partial charge in [0.1, 0.15) is 4.88 Å². The zero-order chi connectivity index (χ0) is 16.9. The molecule has 10 heteroatoms. The zero-order valence-electron chi connectivity index (χ0n) is 11.8. The van der Waals surface area contributed by atoms with Crippen molar-refractivity contribution in [2.45, 2.75) is 6.92 Å². The Morgan fingerprint density at radius 1 is 1.59 bits per heavy atom. The molecule has 0 aliphatic rings. The van der Waals surface area contributed by atoms with E-state index in [-0.39, 0.29) is 17.2 Å². The number of hydrogen-bond acceptors (Lipinski definition) is 7. The molecule has 0 bridgehead atoms. The van der Waals surface area contributed by atoms with Gasteiger partial charge in [-0.2, -0.15) is 0 Å². The molecule has 2 N–H and O–H groups in total. The number of carbonyl (C=O) groups excluding carboxylic acids is 1. The van der Waals surface area contributed by atoms with Gasteiger partial charge in [-0.05, 0) is 6.92 Å². The third kappa shape index (κ3) is 3.88. The summed E-state index contributed by atoms with van der Waals surface area (Å²) in [6.07, 6.45) is 0. The minimum atomic E-state index is -1.43. The van der Waals surface area contributed by atoms with E-state index < -0.39 is 26.7 Å². The van der Waals surface area contributed by atoms with Gasteiger partial charge in [0, 0.05) is 13.1 Å². The summed E-state index contributed by atoms with van der Waals surface area (Å²) in [5.41, 5.74) is -0.324. The molecular weight excluding hydrogens is 314 g/mol. The highest BCUT2D eigenvalue weighted by Gasteiger charge is 2.26. The number of aromatic carboxylic acids is 1. The average Bonchev–Trinajstić information content (AvgIpc) is 2.90. The van der Waals surface area contributed by atoms with Crippen LogP contribution in [-0.4, -0.2) is 41.4 Å². The number of carbonyl (C=O) groups is 2. The molecule has 0 fully saturated rings. The Hall–Kier alpha value is -2.75. The maximum absolute atomic E-state index is 12.1. The van der Waals surface area contributed by atoms with Crippen molar-refractivity contribution in [1.82, 2.24) is 5.32 Å². The second-order valence-corrected chi connectivity index (χ2v) is 4.80. The van der Waals surface area contributed by atoms with E-state index in [9.17, 15) is 19.7 Å². The van der Waals surface area contributed by atoms with Gasteiger partial charge in [0.2, 0.25) is 0 Å². The third-order valence-corrected chi connectivity index (χ3v) is 3.45. The monoisotopic (exact) mass is 327 g/mol. The molecule has 0 aliphatic heterocycles. The van der Waals surface area contributed by atoms with Crippen molar-refractivity contribution >= 4 is 34.0 Å². The molecule has 1 aromatic rings. The summed E-state index contributed by atoms with van der Waals surface area (Å²) < 4.78 is 5.09. The van der Waals surface area contributed by atoms with Crippen LogP contribution in [-0.2, 0) is 4.74 Å². The number of hydrogen-bond donors (Lipinski definition) is 2. The summed E-state index contributed by atoms with van der Waals surface area (Å²) in [5, 5.41) is 21.6. The van der Waals surface area contributed by atoms with E-state index in [2.05, 4.69) is 16.9 Å². The molecule has 118 valence electrons. The fourth-order valence-electron chi connectivity index (χ4n) is 1.46. The molecule has 0 atom stereocenters. The normalized spacial score (nSPS) is 10.9. The van der Waals surface area contributed by atoms with E-state index in [0.717, 1.165) is 6.07 Å². The average molecular weight is 327 g/mol. The molecule has 1 rings (SSSR count). The zero-order valence-corrected chi connectivity index (χ0v) is 12.6. The molecule has 22 heavy (non-hydrogen) atoms. The number of ether oxygens (including phenoxy) is 1. The van der Waals surface area contributed by atoms with E-state index in [1.807, 2.05) is 0 Å². The number of nitrogens with zero attached hydrogens (tertiary/aromatic N) is 2. The first-order chi connectivity index (χ1) is 10.3. The van der Waals surface area contributed by atoms with Crippen LogP contribution in [0.5, 0.6) is 0 Å². The molecule has 0 saturated heterocycles. The molecule has 1 aromatic heterocycles. The van der Waals surface area contributed by atoms with E-state index in [0.29, 0.717) is 17.9 Å². The summed E-state index contributed by atoms with van der Waals surface area (Å²) in [6, 6.07) is 0.903. The van der Waals surface area contributed by atoms with Gasteiger partial charge in [0.15, 0.2) is 11.6 Å². The van der Waals surface area contributed by atoms with Gasteiger partial charge in [-0.25, -0.2) is 4.79 Å². The Balaban J connectivity index is 3.09. The third-order valence-electron chi connectivity index (χ3n) is 2.38. The molecule has 9 nitrogen and oxygen atoms in total. The summed E-state index contributed by atoms with van der Waals surface area (Å²) in [6.45, 7) is 5.58. The fourth-order valence-corrected chi connectivity index (χ4v) is 2.27. The van der Waals surface area contributed by atoms with Crippen molar-refractivity contribution in [2.24, 2.45) is 4.99 Å². The number of amides is 1. The molecule has 0 spiro atoms. The second-order valence-electron chi connectivity index (χ2n) is 3.77. The van der Waals surface area contributed by atoms with E-state index in [4.69, 9.17) is 9.84 Å². The van der Waals surface area contributed by atoms with Gasteiger partial charge in [-0.15, -0.1) is 0 Å². The van der Waals surface area contributed by atoms with Crippen molar-refractivity contribution in [2.75, 3.05) is 13.7 Å². The second kappa shape index (κ2) is 7.31. The maximum Gasteiger partial charge on any atom is 0.346 e. The van der Waals surface area contributed by atoms with Gasteiger partial charge in [0.25, 0.3) is 5.91 Å². The molecule has 0 radical (unpaired) electrons. The predicted octanol–water partition coefficient (Wildman–Crippen LogP) is 1.66. The van der Waals surface area contributed by atoms with Gasteiger partial charge < -0.3 is 15.2 Å². The van der Waals surface area contributed by atoms with Crippen LogP contribution in [0.3, 0.4) is 0 Å². The largest absolute Gasteiger partial charge is 0.491 e. The highest BCUT2D eigenvalue weighted by molar-refractivity contribution is 7.17. The van der Waals surface area contributed by atoms with Crippen LogP contribution in [0.2, 0.25) is 0 Å². The minimum Gasteiger partial charge on any atom is -0.491 e.